The fourth-order valence-corrected chi connectivity index (χ4v) is 2.30. The van der Waals surface area contributed by atoms with Gasteiger partial charge in [-0.1, -0.05) is 43.7 Å². The standard InChI is InChI=1S/C16H23NOS/c1-5-8-10-19-11-9-15-14(7-3)16(18-17-15)12-13(4)6-2/h7,9,11-12H,3,5-6,8,10H2,1-2,4H3/b11-9?,13-12-. The van der Waals surface area contributed by atoms with Gasteiger partial charge in [-0.3, -0.25) is 0 Å². The molecule has 0 atom stereocenters. The third-order valence-electron chi connectivity index (χ3n) is 2.86. The van der Waals surface area contributed by atoms with Gasteiger partial charge in [0.2, 0.25) is 0 Å². The third kappa shape index (κ3) is 5.11. The first-order valence-corrected chi connectivity index (χ1v) is 7.85. The molecular weight excluding hydrogens is 254 g/mol. The molecule has 0 fully saturated rings. The Labute approximate surface area is 120 Å². The second kappa shape index (κ2) is 8.81. The first-order valence-electron chi connectivity index (χ1n) is 6.80. The van der Waals surface area contributed by atoms with Gasteiger partial charge in [0.15, 0.2) is 5.76 Å². The highest BCUT2D eigenvalue weighted by atomic mass is 32.2. The van der Waals surface area contributed by atoms with E-state index < -0.39 is 0 Å². The van der Waals surface area contributed by atoms with Crippen LogP contribution in [0.25, 0.3) is 18.2 Å². The number of hydrogen-bond acceptors (Lipinski definition) is 3. The van der Waals surface area contributed by atoms with Crippen molar-refractivity contribution in [1.29, 1.82) is 0 Å². The van der Waals surface area contributed by atoms with E-state index in [-0.39, 0.29) is 0 Å². The molecule has 0 saturated carbocycles. The summed E-state index contributed by atoms with van der Waals surface area (Å²) in [6.07, 6.45) is 9.32. The molecule has 1 rings (SSSR count). The van der Waals surface area contributed by atoms with Crippen LogP contribution in [0, 0.1) is 0 Å². The minimum absolute atomic E-state index is 0.799. The summed E-state index contributed by atoms with van der Waals surface area (Å²) in [7, 11) is 0. The summed E-state index contributed by atoms with van der Waals surface area (Å²) >= 11 is 1.81. The Hall–Kier alpha value is -1.22. The van der Waals surface area contributed by atoms with Crippen LogP contribution >= 0.6 is 11.8 Å². The summed E-state index contributed by atoms with van der Waals surface area (Å²) in [6, 6.07) is 0. The first-order chi connectivity index (χ1) is 9.22. The van der Waals surface area contributed by atoms with Crippen LogP contribution < -0.4 is 0 Å². The summed E-state index contributed by atoms with van der Waals surface area (Å²) in [5, 5.41) is 6.19. The zero-order valence-electron chi connectivity index (χ0n) is 12.1. The van der Waals surface area contributed by atoms with Gasteiger partial charge in [-0.25, -0.2) is 0 Å². The van der Waals surface area contributed by atoms with E-state index in [0.717, 1.165) is 29.2 Å². The maximum absolute atomic E-state index is 5.38. The van der Waals surface area contributed by atoms with E-state index >= 15 is 0 Å². The molecule has 3 heteroatoms. The third-order valence-corrected chi connectivity index (χ3v) is 3.71. The molecule has 0 amide bonds. The Kier molecular flexibility index (Phi) is 7.34. The zero-order chi connectivity index (χ0) is 14.1. The second-order valence-electron chi connectivity index (χ2n) is 4.42. The van der Waals surface area contributed by atoms with Gasteiger partial charge >= 0.3 is 0 Å². The normalized spacial score (nSPS) is 12.3. The van der Waals surface area contributed by atoms with Gasteiger partial charge in [0.1, 0.15) is 5.69 Å². The fraction of sp³-hybridized carbons (Fsp3) is 0.438. The molecular formula is C16H23NOS. The lowest BCUT2D eigenvalue weighted by molar-refractivity contribution is 0.411. The molecule has 1 heterocycles. The van der Waals surface area contributed by atoms with Crippen molar-refractivity contribution in [3.05, 3.63) is 34.6 Å². The van der Waals surface area contributed by atoms with E-state index in [1.165, 1.54) is 18.4 Å². The molecule has 0 aromatic carbocycles. The van der Waals surface area contributed by atoms with E-state index in [2.05, 4.69) is 37.9 Å². The summed E-state index contributed by atoms with van der Waals surface area (Å²) < 4.78 is 5.38. The van der Waals surface area contributed by atoms with Crippen molar-refractivity contribution < 1.29 is 4.52 Å². The Morgan fingerprint density at radius 2 is 2.21 bits per heavy atom. The average Bonchev–Trinajstić information content (AvgIpc) is 2.80. The quantitative estimate of drug-likeness (QED) is 0.575. The van der Waals surface area contributed by atoms with Crippen LogP contribution in [0.5, 0.6) is 0 Å². The summed E-state index contributed by atoms with van der Waals surface area (Å²) in [5.74, 6) is 1.95. The number of rotatable bonds is 8. The van der Waals surface area contributed by atoms with Crippen molar-refractivity contribution in [1.82, 2.24) is 5.16 Å². The molecule has 19 heavy (non-hydrogen) atoms. The number of hydrogen-bond donors (Lipinski definition) is 0. The van der Waals surface area contributed by atoms with Crippen LogP contribution in [0.4, 0.5) is 0 Å². The van der Waals surface area contributed by atoms with Crippen molar-refractivity contribution >= 4 is 30.0 Å². The van der Waals surface area contributed by atoms with Gasteiger partial charge in [0.05, 0.1) is 0 Å². The Bertz CT molecular complexity index is 457. The van der Waals surface area contributed by atoms with Crippen LogP contribution in [0.2, 0.25) is 0 Å². The van der Waals surface area contributed by atoms with Crippen molar-refractivity contribution in [2.75, 3.05) is 5.75 Å². The summed E-state index contributed by atoms with van der Waals surface area (Å²) in [6.45, 7) is 10.3. The summed E-state index contributed by atoms with van der Waals surface area (Å²) in [5.41, 5.74) is 3.10. The largest absolute Gasteiger partial charge is 0.356 e. The average molecular weight is 277 g/mol. The van der Waals surface area contributed by atoms with Crippen LogP contribution in [0.3, 0.4) is 0 Å². The zero-order valence-corrected chi connectivity index (χ0v) is 12.9. The maximum atomic E-state index is 5.38. The lowest BCUT2D eigenvalue weighted by Crippen LogP contribution is -1.79. The molecule has 0 aliphatic heterocycles. The van der Waals surface area contributed by atoms with Crippen LogP contribution in [-0.4, -0.2) is 10.9 Å². The van der Waals surface area contributed by atoms with E-state index in [0.29, 0.717) is 0 Å². The molecule has 0 bridgehead atoms. The number of allylic oxidation sites excluding steroid dienone is 1. The van der Waals surface area contributed by atoms with E-state index in [4.69, 9.17) is 4.52 Å². The Morgan fingerprint density at radius 1 is 1.42 bits per heavy atom. The first kappa shape index (κ1) is 15.8. The van der Waals surface area contributed by atoms with Gasteiger partial charge in [0, 0.05) is 5.56 Å². The highest BCUT2D eigenvalue weighted by molar-refractivity contribution is 8.02. The highest BCUT2D eigenvalue weighted by Gasteiger charge is 2.08. The molecule has 0 aliphatic carbocycles. The predicted molar refractivity (Wildman–Crippen MR) is 86.9 cm³/mol. The predicted octanol–water partition coefficient (Wildman–Crippen LogP) is 5.63. The molecule has 0 spiro atoms. The molecule has 1 aromatic rings. The van der Waals surface area contributed by atoms with Gasteiger partial charge in [-0.05, 0) is 43.1 Å². The van der Waals surface area contributed by atoms with Crippen LogP contribution in [0.1, 0.15) is 57.1 Å². The van der Waals surface area contributed by atoms with Gasteiger partial charge < -0.3 is 4.52 Å². The Morgan fingerprint density at radius 3 is 2.84 bits per heavy atom. The van der Waals surface area contributed by atoms with Crippen molar-refractivity contribution in [3.8, 4) is 0 Å². The number of thioether (sulfide) groups is 1. The van der Waals surface area contributed by atoms with Crippen LogP contribution in [0.15, 0.2) is 22.1 Å². The minimum atomic E-state index is 0.799. The molecule has 1 aromatic heterocycles. The molecule has 0 aliphatic rings. The van der Waals surface area contributed by atoms with Crippen molar-refractivity contribution in [2.24, 2.45) is 0 Å². The van der Waals surface area contributed by atoms with Gasteiger partial charge in [0.25, 0.3) is 0 Å². The second-order valence-corrected chi connectivity index (χ2v) is 5.43. The van der Waals surface area contributed by atoms with Gasteiger partial charge in [-0.2, -0.15) is 0 Å². The monoisotopic (exact) mass is 277 g/mol. The topological polar surface area (TPSA) is 26.0 Å². The minimum Gasteiger partial charge on any atom is -0.356 e. The Balaban J connectivity index is 2.77. The van der Waals surface area contributed by atoms with Gasteiger partial charge in [-0.15, -0.1) is 11.8 Å². The molecule has 0 unspecified atom stereocenters. The van der Waals surface area contributed by atoms with Crippen LogP contribution in [-0.2, 0) is 0 Å². The number of unbranched alkanes of at least 4 members (excludes halogenated alkanes) is 1. The molecule has 104 valence electrons. The number of aromatic nitrogens is 1. The van der Waals surface area contributed by atoms with E-state index in [9.17, 15) is 0 Å². The smallest absolute Gasteiger partial charge is 0.167 e. The molecule has 0 saturated heterocycles. The molecule has 0 radical (unpaired) electrons. The number of nitrogens with zero attached hydrogens (tertiary/aromatic N) is 1. The lowest BCUT2D eigenvalue weighted by Gasteiger charge is -1.94. The highest BCUT2D eigenvalue weighted by Crippen LogP contribution is 2.21. The summed E-state index contributed by atoms with van der Waals surface area (Å²) in [4.78, 5) is 0. The van der Waals surface area contributed by atoms with Crippen molar-refractivity contribution in [2.45, 2.75) is 40.0 Å². The maximum Gasteiger partial charge on any atom is 0.167 e. The molecule has 2 nitrogen and oxygen atoms in total. The fourth-order valence-electron chi connectivity index (χ4n) is 1.49. The van der Waals surface area contributed by atoms with Crippen molar-refractivity contribution in [3.63, 3.8) is 0 Å². The molecule has 0 N–H and O–H groups in total. The SMILES string of the molecule is C=Cc1c(C=CSCCCC)noc1/C=C(/C)CC. The van der Waals surface area contributed by atoms with E-state index in [1.807, 2.05) is 30.0 Å². The van der Waals surface area contributed by atoms with E-state index in [1.54, 1.807) is 0 Å². The lowest BCUT2D eigenvalue weighted by atomic mass is 10.1.